The molecular formula is C27H23BrN2O. The van der Waals surface area contributed by atoms with Crippen LogP contribution in [0.25, 0.3) is 22.2 Å². The van der Waals surface area contributed by atoms with Gasteiger partial charge in [0.1, 0.15) is 0 Å². The summed E-state index contributed by atoms with van der Waals surface area (Å²) in [4.78, 5) is 15.4. The fraction of sp³-hybridized carbons (Fsp3) is 0.148. The van der Waals surface area contributed by atoms with E-state index in [1.807, 2.05) is 42.2 Å². The van der Waals surface area contributed by atoms with Gasteiger partial charge in [-0.3, -0.25) is 9.69 Å². The van der Waals surface area contributed by atoms with Gasteiger partial charge in [-0.15, -0.1) is 0 Å². The Bertz CT molecular complexity index is 1350. The van der Waals surface area contributed by atoms with Gasteiger partial charge in [0.05, 0.1) is 11.7 Å². The summed E-state index contributed by atoms with van der Waals surface area (Å²) >= 11 is 3.57. The number of amides is 1. The predicted molar refractivity (Wildman–Crippen MR) is 131 cm³/mol. The number of nitrogens with zero attached hydrogens (tertiary/aromatic N) is 2. The largest absolute Gasteiger partial charge is 0.343 e. The van der Waals surface area contributed by atoms with Crippen molar-refractivity contribution in [2.75, 3.05) is 4.90 Å². The van der Waals surface area contributed by atoms with Crippen LogP contribution >= 0.6 is 15.9 Å². The summed E-state index contributed by atoms with van der Waals surface area (Å²) < 4.78 is 3.21. The van der Waals surface area contributed by atoms with E-state index in [0.29, 0.717) is 0 Å². The van der Waals surface area contributed by atoms with E-state index in [1.165, 1.54) is 10.9 Å². The third-order valence-electron chi connectivity index (χ3n) is 6.35. The first-order valence-corrected chi connectivity index (χ1v) is 11.2. The van der Waals surface area contributed by atoms with Crippen molar-refractivity contribution in [3.05, 3.63) is 100 Å². The van der Waals surface area contributed by atoms with Crippen LogP contribution in [-0.4, -0.2) is 10.5 Å². The van der Waals surface area contributed by atoms with E-state index in [-0.39, 0.29) is 11.9 Å². The molecule has 0 N–H and O–H groups in total. The molecule has 0 spiro atoms. The van der Waals surface area contributed by atoms with Crippen LogP contribution in [0.1, 0.15) is 25.5 Å². The van der Waals surface area contributed by atoms with Gasteiger partial charge in [-0.1, -0.05) is 70.5 Å². The molecular weight excluding hydrogens is 448 g/mol. The lowest BCUT2D eigenvalue weighted by atomic mass is 9.93. The average molecular weight is 471 g/mol. The molecule has 31 heavy (non-hydrogen) atoms. The fourth-order valence-electron chi connectivity index (χ4n) is 4.75. The minimum atomic E-state index is -0.164. The highest BCUT2D eigenvalue weighted by Crippen LogP contribution is 2.47. The zero-order valence-corrected chi connectivity index (χ0v) is 19.3. The number of halogens is 1. The molecule has 0 radical (unpaired) electrons. The zero-order valence-electron chi connectivity index (χ0n) is 17.8. The van der Waals surface area contributed by atoms with Crippen LogP contribution in [0, 0.1) is 0 Å². The molecule has 1 aliphatic rings. The molecule has 1 amide bonds. The van der Waals surface area contributed by atoms with Gasteiger partial charge < -0.3 is 4.57 Å². The second-order valence-electron chi connectivity index (χ2n) is 8.07. The molecule has 1 atom stereocenters. The standard InChI is InChI=1S/C27H23BrN2O/c1-17-18(2)27(31)30(21-13-9-12-20(28)16-21)25(17)24-22-14-7-8-15-23(22)29(3)26(24)19-10-5-4-6-11-19/h4-16,25H,1-3H3. The average Bonchev–Trinajstić information content (AvgIpc) is 3.20. The van der Waals surface area contributed by atoms with E-state index in [9.17, 15) is 4.79 Å². The van der Waals surface area contributed by atoms with E-state index in [1.54, 1.807) is 0 Å². The maximum atomic E-state index is 13.4. The lowest BCUT2D eigenvalue weighted by Gasteiger charge is -2.28. The molecule has 4 aromatic rings. The molecule has 4 heteroatoms. The lowest BCUT2D eigenvalue weighted by molar-refractivity contribution is -0.114. The minimum Gasteiger partial charge on any atom is -0.343 e. The summed E-state index contributed by atoms with van der Waals surface area (Å²) in [6.07, 6.45) is 0. The van der Waals surface area contributed by atoms with Gasteiger partial charge in [0.25, 0.3) is 5.91 Å². The van der Waals surface area contributed by atoms with Crippen molar-refractivity contribution < 1.29 is 4.79 Å². The van der Waals surface area contributed by atoms with Crippen LogP contribution in [-0.2, 0) is 11.8 Å². The van der Waals surface area contributed by atoms with Gasteiger partial charge in [-0.2, -0.15) is 0 Å². The van der Waals surface area contributed by atoms with Gasteiger partial charge in [-0.05, 0) is 49.2 Å². The zero-order chi connectivity index (χ0) is 21.7. The molecule has 0 bridgehead atoms. The Morgan fingerprint density at radius 3 is 2.32 bits per heavy atom. The van der Waals surface area contributed by atoms with Crippen molar-refractivity contribution in [3.8, 4) is 11.3 Å². The Morgan fingerprint density at radius 2 is 1.58 bits per heavy atom. The number of carbonyl (C=O) groups is 1. The number of benzene rings is 3. The summed E-state index contributed by atoms with van der Waals surface area (Å²) in [5, 5.41) is 1.18. The van der Waals surface area contributed by atoms with Crippen molar-refractivity contribution in [3.63, 3.8) is 0 Å². The Morgan fingerprint density at radius 1 is 0.871 bits per heavy atom. The van der Waals surface area contributed by atoms with Crippen molar-refractivity contribution >= 4 is 38.4 Å². The molecule has 5 rings (SSSR count). The van der Waals surface area contributed by atoms with Crippen LogP contribution in [0.4, 0.5) is 5.69 Å². The molecule has 3 aromatic carbocycles. The summed E-state index contributed by atoms with van der Waals surface area (Å²) in [6, 6.07) is 26.7. The van der Waals surface area contributed by atoms with Crippen molar-refractivity contribution in [1.82, 2.24) is 4.57 Å². The molecule has 3 nitrogen and oxygen atoms in total. The SMILES string of the molecule is CC1=C(C)C(c2c(-c3ccccc3)n(C)c3ccccc23)N(c2cccc(Br)c2)C1=O. The van der Waals surface area contributed by atoms with Crippen LogP contribution in [0.15, 0.2) is 94.5 Å². The topological polar surface area (TPSA) is 25.2 Å². The highest BCUT2D eigenvalue weighted by Gasteiger charge is 2.40. The van der Waals surface area contributed by atoms with E-state index in [2.05, 4.69) is 83.0 Å². The molecule has 154 valence electrons. The summed E-state index contributed by atoms with van der Waals surface area (Å²) in [5.41, 5.74) is 7.44. The van der Waals surface area contributed by atoms with Crippen LogP contribution in [0.3, 0.4) is 0 Å². The van der Waals surface area contributed by atoms with Crippen molar-refractivity contribution in [2.24, 2.45) is 7.05 Å². The minimum absolute atomic E-state index is 0.0625. The first kappa shape index (κ1) is 19.8. The number of rotatable bonds is 3. The number of hydrogen-bond donors (Lipinski definition) is 0. The summed E-state index contributed by atoms with van der Waals surface area (Å²) in [6.45, 7) is 4.03. The Kier molecular flexibility index (Phi) is 4.82. The van der Waals surface area contributed by atoms with Crippen LogP contribution in [0.5, 0.6) is 0 Å². The third kappa shape index (κ3) is 3.05. The first-order valence-electron chi connectivity index (χ1n) is 10.4. The van der Waals surface area contributed by atoms with Gasteiger partial charge in [0.15, 0.2) is 0 Å². The lowest BCUT2D eigenvalue weighted by Crippen LogP contribution is -2.30. The molecule has 2 heterocycles. The molecule has 1 aliphatic heterocycles. The van der Waals surface area contributed by atoms with E-state index in [4.69, 9.17) is 0 Å². The highest BCUT2D eigenvalue weighted by molar-refractivity contribution is 9.10. The number of para-hydroxylation sites is 1. The smallest absolute Gasteiger partial charge is 0.254 e. The monoisotopic (exact) mass is 470 g/mol. The second kappa shape index (κ2) is 7.54. The number of anilines is 1. The molecule has 0 saturated heterocycles. The van der Waals surface area contributed by atoms with E-state index < -0.39 is 0 Å². The molecule has 0 fully saturated rings. The summed E-state index contributed by atoms with van der Waals surface area (Å²) in [7, 11) is 2.11. The fourth-order valence-corrected chi connectivity index (χ4v) is 5.13. The normalized spacial score (nSPS) is 16.6. The van der Waals surface area contributed by atoms with Crippen molar-refractivity contribution in [1.29, 1.82) is 0 Å². The van der Waals surface area contributed by atoms with Gasteiger partial charge in [0.2, 0.25) is 0 Å². The number of carbonyl (C=O) groups excluding carboxylic acids is 1. The molecule has 0 aliphatic carbocycles. The van der Waals surface area contributed by atoms with E-state index >= 15 is 0 Å². The van der Waals surface area contributed by atoms with Gasteiger partial charge in [-0.25, -0.2) is 0 Å². The maximum Gasteiger partial charge on any atom is 0.254 e. The Labute approximate surface area is 190 Å². The number of aryl methyl sites for hydroxylation is 1. The van der Waals surface area contributed by atoms with E-state index in [0.717, 1.165) is 38.1 Å². The van der Waals surface area contributed by atoms with Crippen molar-refractivity contribution in [2.45, 2.75) is 19.9 Å². The second-order valence-corrected chi connectivity index (χ2v) is 8.99. The first-order chi connectivity index (χ1) is 15.0. The van der Waals surface area contributed by atoms with Crippen LogP contribution < -0.4 is 4.90 Å². The third-order valence-corrected chi connectivity index (χ3v) is 6.85. The molecule has 1 aromatic heterocycles. The number of fused-ring (bicyclic) bond motifs is 1. The predicted octanol–water partition coefficient (Wildman–Crippen LogP) is 7.03. The van der Waals surface area contributed by atoms with Gasteiger partial charge in [0, 0.05) is 39.2 Å². The molecule has 0 saturated carbocycles. The van der Waals surface area contributed by atoms with Gasteiger partial charge >= 0.3 is 0 Å². The quantitative estimate of drug-likeness (QED) is 0.315. The highest BCUT2D eigenvalue weighted by atomic mass is 79.9. The number of aromatic nitrogens is 1. The summed E-state index contributed by atoms with van der Waals surface area (Å²) in [5.74, 6) is 0.0625. The number of hydrogen-bond acceptors (Lipinski definition) is 1. The maximum absolute atomic E-state index is 13.4. The molecule has 1 unspecified atom stereocenters. The Hall–Kier alpha value is -3.11. The Balaban J connectivity index is 1.84. The van der Waals surface area contributed by atoms with Crippen LogP contribution in [0.2, 0.25) is 0 Å².